The highest BCUT2D eigenvalue weighted by atomic mass is 16.5. The number of para-hydroxylation sites is 2. The van der Waals surface area contributed by atoms with E-state index in [1.807, 2.05) is 35.1 Å². The van der Waals surface area contributed by atoms with E-state index in [1.165, 1.54) is 18.5 Å². The van der Waals surface area contributed by atoms with Crippen LogP contribution in [0.3, 0.4) is 0 Å². The number of fused-ring (bicyclic) bond motifs is 1. The van der Waals surface area contributed by atoms with Crippen LogP contribution in [0.5, 0.6) is 5.75 Å². The standard InChI is InChI=1S/C18H24N4O/c1-23-18-5-3-2-4-17(18)22-14(8-9-20-22)11-21-10-13-6-7-16(19)15(13)12-21/h2-5,8-9,13,15-16H,6-7,10-12,19H2,1H3. The lowest BCUT2D eigenvalue weighted by molar-refractivity contribution is 0.292. The predicted octanol–water partition coefficient (Wildman–Crippen LogP) is 2.05. The number of methoxy groups -OCH3 is 1. The van der Waals surface area contributed by atoms with Gasteiger partial charge in [-0.3, -0.25) is 4.90 Å². The number of hydrogen-bond donors (Lipinski definition) is 1. The average molecular weight is 312 g/mol. The lowest BCUT2D eigenvalue weighted by Gasteiger charge is -2.19. The van der Waals surface area contributed by atoms with Crippen LogP contribution in [0.4, 0.5) is 0 Å². The van der Waals surface area contributed by atoms with E-state index in [4.69, 9.17) is 10.5 Å². The number of aromatic nitrogens is 2. The minimum absolute atomic E-state index is 0.393. The van der Waals surface area contributed by atoms with E-state index in [2.05, 4.69) is 16.1 Å². The molecule has 1 aliphatic carbocycles. The van der Waals surface area contributed by atoms with Crippen LogP contribution in [0.2, 0.25) is 0 Å². The molecular formula is C18H24N4O. The molecule has 1 saturated carbocycles. The van der Waals surface area contributed by atoms with Gasteiger partial charge in [0.15, 0.2) is 0 Å². The van der Waals surface area contributed by atoms with Gasteiger partial charge in [0.05, 0.1) is 12.8 Å². The summed E-state index contributed by atoms with van der Waals surface area (Å²) in [6.45, 7) is 3.19. The number of nitrogens with zero attached hydrogens (tertiary/aromatic N) is 3. The molecule has 2 fully saturated rings. The Balaban J connectivity index is 1.54. The first-order chi connectivity index (χ1) is 11.3. The monoisotopic (exact) mass is 312 g/mol. The summed E-state index contributed by atoms with van der Waals surface area (Å²) in [4.78, 5) is 2.53. The van der Waals surface area contributed by atoms with Gasteiger partial charge in [0.25, 0.3) is 0 Å². The van der Waals surface area contributed by atoms with E-state index < -0.39 is 0 Å². The molecule has 2 N–H and O–H groups in total. The number of ether oxygens (including phenoxy) is 1. The van der Waals surface area contributed by atoms with Crippen LogP contribution >= 0.6 is 0 Å². The average Bonchev–Trinajstić information content (AvgIpc) is 3.26. The second-order valence-electron chi connectivity index (χ2n) is 6.77. The van der Waals surface area contributed by atoms with Crippen LogP contribution < -0.4 is 10.5 Å². The summed E-state index contributed by atoms with van der Waals surface area (Å²) in [5.74, 6) is 2.31. The second-order valence-corrected chi connectivity index (χ2v) is 6.77. The first kappa shape index (κ1) is 14.7. The van der Waals surface area contributed by atoms with E-state index in [0.29, 0.717) is 12.0 Å². The molecule has 4 rings (SSSR count). The summed E-state index contributed by atoms with van der Waals surface area (Å²) >= 11 is 0. The Morgan fingerprint density at radius 1 is 1.22 bits per heavy atom. The van der Waals surface area contributed by atoms with Gasteiger partial charge in [0.2, 0.25) is 0 Å². The molecule has 2 aliphatic rings. The summed E-state index contributed by atoms with van der Waals surface area (Å²) in [6, 6.07) is 10.5. The molecule has 5 nitrogen and oxygen atoms in total. The van der Waals surface area contributed by atoms with Gasteiger partial charge < -0.3 is 10.5 Å². The van der Waals surface area contributed by atoms with Gasteiger partial charge >= 0.3 is 0 Å². The number of hydrogen-bond acceptors (Lipinski definition) is 4. The Bertz CT molecular complexity index is 683. The fourth-order valence-electron chi connectivity index (χ4n) is 4.23. The molecular weight excluding hydrogens is 288 g/mol. The number of likely N-dealkylation sites (tertiary alicyclic amines) is 1. The van der Waals surface area contributed by atoms with Gasteiger partial charge in [-0.2, -0.15) is 5.10 Å². The quantitative estimate of drug-likeness (QED) is 0.939. The summed E-state index contributed by atoms with van der Waals surface area (Å²) in [5.41, 5.74) is 8.44. The van der Waals surface area contributed by atoms with E-state index in [0.717, 1.165) is 37.0 Å². The first-order valence-corrected chi connectivity index (χ1v) is 8.40. The van der Waals surface area contributed by atoms with Crippen LogP contribution in [0, 0.1) is 11.8 Å². The maximum Gasteiger partial charge on any atom is 0.144 e. The van der Waals surface area contributed by atoms with Crippen LogP contribution in [0.15, 0.2) is 36.5 Å². The zero-order chi connectivity index (χ0) is 15.8. The minimum atomic E-state index is 0.393. The maximum absolute atomic E-state index is 6.25. The molecule has 2 heterocycles. The molecule has 1 aliphatic heterocycles. The Morgan fingerprint density at radius 2 is 2.09 bits per heavy atom. The first-order valence-electron chi connectivity index (χ1n) is 8.40. The zero-order valence-electron chi connectivity index (χ0n) is 13.6. The van der Waals surface area contributed by atoms with Crippen molar-refractivity contribution in [2.75, 3.05) is 20.2 Å². The third-order valence-electron chi connectivity index (χ3n) is 5.41. The molecule has 2 aromatic rings. The highest BCUT2D eigenvalue weighted by Gasteiger charge is 2.40. The summed E-state index contributed by atoms with van der Waals surface area (Å²) in [6.07, 6.45) is 4.35. The fourth-order valence-corrected chi connectivity index (χ4v) is 4.23. The van der Waals surface area contributed by atoms with Gasteiger partial charge in [-0.05, 0) is 42.9 Å². The lowest BCUT2D eigenvalue weighted by Crippen LogP contribution is -2.30. The predicted molar refractivity (Wildman–Crippen MR) is 89.6 cm³/mol. The molecule has 0 spiro atoms. The van der Waals surface area contributed by atoms with Crippen molar-refractivity contribution in [2.24, 2.45) is 17.6 Å². The van der Waals surface area contributed by atoms with Crippen LogP contribution in [0.1, 0.15) is 18.5 Å². The van der Waals surface area contributed by atoms with Gasteiger partial charge in [0.1, 0.15) is 11.4 Å². The lowest BCUT2D eigenvalue weighted by atomic mass is 9.98. The Kier molecular flexibility index (Phi) is 3.83. The topological polar surface area (TPSA) is 56.3 Å². The summed E-state index contributed by atoms with van der Waals surface area (Å²) < 4.78 is 7.47. The molecule has 3 atom stereocenters. The molecule has 0 bridgehead atoms. The van der Waals surface area contributed by atoms with Gasteiger partial charge in [-0.1, -0.05) is 12.1 Å². The second kappa shape index (κ2) is 5.98. The van der Waals surface area contributed by atoms with Crippen molar-refractivity contribution in [3.8, 4) is 11.4 Å². The van der Waals surface area contributed by atoms with Crippen LogP contribution in [-0.4, -0.2) is 40.9 Å². The van der Waals surface area contributed by atoms with E-state index >= 15 is 0 Å². The molecule has 0 amide bonds. The SMILES string of the molecule is COc1ccccc1-n1nccc1CN1CC2CCC(N)C2C1. The molecule has 122 valence electrons. The minimum Gasteiger partial charge on any atom is -0.494 e. The Hall–Kier alpha value is -1.85. The highest BCUT2D eigenvalue weighted by molar-refractivity contribution is 5.46. The number of rotatable bonds is 4. The zero-order valence-corrected chi connectivity index (χ0v) is 13.6. The van der Waals surface area contributed by atoms with Crippen LogP contribution in [-0.2, 0) is 6.54 Å². The molecule has 1 aromatic carbocycles. The largest absolute Gasteiger partial charge is 0.494 e. The van der Waals surface area contributed by atoms with Crippen molar-refractivity contribution in [2.45, 2.75) is 25.4 Å². The maximum atomic E-state index is 6.25. The molecule has 0 radical (unpaired) electrons. The fraction of sp³-hybridized carbons (Fsp3) is 0.500. The third kappa shape index (κ3) is 2.64. The molecule has 3 unspecified atom stereocenters. The summed E-state index contributed by atoms with van der Waals surface area (Å²) in [5, 5.41) is 4.51. The Labute approximate surface area is 137 Å². The third-order valence-corrected chi connectivity index (χ3v) is 5.41. The number of benzene rings is 1. The van der Waals surface area contributed by atoms with Crippen molar-refractivity contribution in [3.63, 3.8) is 0 Å². The highest BCUT2D eigenvalue weighted by Crippen LogP contribution is 2.37. The van der Waals surface area contributed by atoms with Crippen molar-refractivity contribution < 1.29 is 4.74 Å². The molecule has 1 saturated heterocycles. The number of nitrogens with two attached hydrogens (primary N) is 1. The van der Waals surface area contributed by atoms with Crippen molar-refractivity contribution in [1.82, 2.24) is 14.7 Å². The smallest absolute Gasteiger partial charge is 0.144 e. The van der Waals surface area contributed by atoms with Crippen molar-refractivity contribution in [1.29, 1.82) is 0 Å². The van der Waals surface area contributed by atoms with Crippen LogP contribution in [0.25, 0.3) is 5.69 Å². The van der Waals surface area contributed by atoms with E-state index in [9.17, 15) is 0 Å². The molecule has 5 heteroatoms. The van der Waals surface area contributed by atoms with E-state index in [-0.39, 0.29) is 0 Å². The van der Waals surface area contributed by atoms with Gasteiger partial charge in [-0.25, -0.2) is 4.68 Å². The van der Waals surface area contributed by atoms with Crippen molar-refractivity contribution >= 4 is 0 Å². The van der Waals surface area contributed by atoms with Gasteiger partial charge in [0, 0.05) is 31.9 Å². The van der Waals surface area contributed by atoms with E-state index in [1.54, 1.807) is 7.11 Å². The molecule has 1 aromatic heterocycles. The Morgan fingerprint density at radius 3 is 2.91 bits per heavy atom. The van der Waals surface area contributed by atoms with Crippen molar-refractivity contribution in [3.05, 3.63) is 42.2 Å². The normalized spacial score (nSPS) is 27.3. The molecule has 23 heavy (non-hydrogen) atoms. The van der Waals surface area contributed by atoms with Gasteiger partial charge in [-0.15, -0.1) is 0 Å². The summed E-state index contributed by atoms with van der Waals surface area (Å²) in [7, 11) is 1.70.